The van der Waals surface area contributed by atoms with E-state index < -0.39 is 0 Å². The maximum atomic E-state index is 4.33. The minimum Gasteiger partial charge on any atom is -0.355 e. The second-order valence-corrected chi connectivity index (χ2v) is 6.78. The lowest BCUT2D eigenvalue weighted by atomic mass is 10.2. The van der Waals surface area contributed by atoms with Gasteiger partial charge in [0.2, 0.25) is 0 Å². The minimum absolute atomic E-state index is 0.533. The van der Waals surface area contributed by atoms with E-state index in [0.717, 1.165) is 37.2 Å². The van der Waals surface area contributed by atoms with Crippen molar-refractivity contribution >= 4 is 5.96 Å². The first kappa shape index (κ1) is 18.4. The Morgan fingerprint density at radius 1 is 1.23 bits per heavy atom. The van der Waals surface area contributed by atoms with E-state index in [-0.39, 0.29) is 0 Å². The lowest BCUT2D eigenvalue weighted by Gasteiger charge is -2.25. The monoisotopic (exact) mass is 355 g/mol. The van der Waals surface area contributed by atoms with Gasteiger partial charge in [-0.3, -0.25) is 9.89 Å². The number of nitrogens with zero attached hydrogens (tertiary/aromatic N) is 5. The highest BCUT2D eigenvalue weighted by molar-refractivity contribution is 5.79. The molecule has 1 saturated heterocycles. The molecule has 1 fully saturated rings. The van der Waals surface area contributed by atoms with Gasteiger partial charge in [0.25, 0.3) is 0 Å². The topological polar surface area (TPSA) is 70.4 Å². The molecule has 0 spiro atoms. The molecule has 7 nitrogen and oxygen atoms in total. The summed E-state index contributed by atoms with van der Waals surface area (Å²) >= 11 is 0. The zero-order valence-electron chi connectivity index (χ0n) is 15.9. The van der Waals surface area contributed by atoms with Gasteiger partial charge in [0.15, 0.2) is 11.8 Å². The standard InChI is InChI=1S/C19H29N7/c1-15-23-24-18(25(15)3)13-22-19(20-2)21-12-17-10-7-11-26(17)14-16-8-5-4-6-9-16/h4-6,8-9,17H,7,10-14H2,1-3H3,(H2,20,21,22). The Labute approximate surface area is 155 Å². The van der Waals surface area contributed by atoms with Crippen LogP contribution in [0.2, 0.25) is 0 Å². The van der Waals surface area contributed by atoms with Crippen molar-refractivity contribution in [1.82, 2.24) is 30.3 Å². The van der Waals surface area contributed by atoms with E-state index in [0.29, 0.717) is 12.6 Å². The normalized spacial score (nSPS) is 18.3. The van der Waals surface area contributed by atoms with Crippen LogP contribution in [0.25, 0.3) is 0 Å². The van der Waals surface area contributed by atoms with Gasteiger partial charge in [-0.05, 0) is 31.9 Å². The zero-order chi connectivity index (χ0) is 18.4. The number of aromatic nitrogens is 3. The molecule has 0 radical (unpaired) electrons. The molecule has 140 valence electrons. The van der Waals surface area contributed by atoms with Crippen molar-refractivity contribution in [3.05, 3.63) is 47.5 Å². The lowest BCUT2D eigenvalue weighted by molar-refractivity contribution is 0.245. The van der Waals surface area contributed by atoms with E-state index in [1.54, 1.807) is 7.05 Å². The van der Waals surface area contributed by atoms with Gasteiger partial charge < -0.3 is 15.2 Å². The summed E-state index contributed by atoms with van der Waals surface area (Å²) in [6.45, 7) is 5.62. The Kier molecular flexibility index (Phi) is 6.22. The van der Waals surface area contributed by atoms with Gasteiger partial charge in [-0.1, -0.05) is 30.3 Å². The van der Waals surface area contributed by atoms with E-state index in [2.05, 4.69) is 61.1 Å². The quantitative estimate of drug-likeness (QED) is 0.606. The number of aliphatic imine (C=N–C) groups is 1. The fraction of sp³-hybridized carbons (Fsp3) is 0.526. The molecule has 2 aromatic rings. The average molecular weight is 355 g/mol. The predicted molar refractivity (Wildman–Crippen MR) is 104 cm³/mol. The number of likely N-dealkylation sites (tertiary alicyclic amines) is 1. The zero-order valence-corrected chi connectivity index (χ0v) is 15.9. The van der Waals surface area contributed by atoms with Gasteiger partial charge >= 0.3 is 0 Å². The first-order valence-corrected chi connectivity index (χ1v) is 9.24. The molecule has 1 aliphatic rings. The molecule has 1 aliphatic heterocycles. The van der Waals surface area contributed by atoms with Crippen LogP contribution in [-0.2, 0) is 20.1 Å². The molecule has 0 aliphatic carbocycles. The van der Waals surface area contributed by atoms with Gasteiger partial charge in [0.1, 0.15) is 5.82 Å². The molecule has 1 atom stereocenters. The fourth-order valence-corrected chi connectivity index (χ4v) is 3.36. The van der Waals surface area contributed by atoms with Crippen LogP contribution in [-0.4, -0.2) is 51.8 Å². The first-order chi connectivity index (χ1) is 12.7. The summed E-state index contributed by atoms with van der Waals surface area (Å²) in [5.41, 5.74) is 1.37. The van der Waals surface area contributed by atoms with Crippen molar-refractivity contribution in [2.24, 2.45) is 12.0 Å². The molecule has 1 unspecified atom stereocenters. The van der Waals surface area contributed by atoms with Crippen LogP contribution in [0.5, 0.6) is 0 Å². The number of rotatable bonds is 6. The number of hydrogen-bond acceptors (Lipinski definition) is 4. The summed E-state index contributed by atoms with van der Waals surface area (Å²) in [6, 6.07) is 11.2. The van der Waals surface area contributed by atoms with Crippen LogP contribution >= 0.6 is 0 Å². The SMILES string of the molecule is CN=C(NCc1nnc(C)n1C)NCC1CCCN1Cc1ccccc1. The molecular formula is C19H29N7. The third-order valence-electron chi connectivity index (χ3n) is 5.05. The highest BCUT2D eigenvalue weighted by Crippen LogP contribution is 2.19. The number of nitrogens with one attached hydrogen (secondary N) is 2. The molecule has 7 heteroatoms. The van der Waals surface area contributed by atoms with Crippen LogP contribution in [0, 0.1) is 6.92 Å². The maximum absolute atomic E-state index is 4.33. The second kappa shape index (κ2) is 8.80. The van der Waals surface area contributed by atoms with Crippen molar-refractivity contribution in [3.63, 3.8) is 0 Å². The summed E-state index contributed by atoms with van der Waals surface area (Å²) in [5, 5.41) is 15.1. The summed E-state index contributed by atoms with van der Waals surface area (Å²) in [7, 11) is 3.77. The summed E-state index contributed by atoms with van der Waals surface area (Å²) in [4.78, 5) is 6.89. The predicted octanol–water partition coefficient (Wildman–Crippen LogP) is 1.45. The maximum Gasteiger partial charge on any atom is 0.191 e. The van der Waals surface area contributed by atoms with Crippen LogP contribution in [0.15, 0.2) is 35.3 Å². The van der Waals surface area contributed by atoms with Crippen molar-refractivity contribution < 1.29 is 0 Å². The highest BCUT2D eigenvalue weighted by Gasteiger charge is 2.24. The van der Waals surface area contributed by atoms with E-state index in [9.17, 15) is 0 Å². The number of hydrogen-bond donors (Lipinski definition) is 2. The van der Waals surface area contributed by atoms with Crippen LogP contribution < -0.4 is 10.6 Å². The first-order valence-electron chi connectivity index (χ1n) is 9.24. The van der Waals surface area contributed by atoms with Crippen LogP contribution in [0.1, 0.15) is 30.1 Å². The van der Waals surface area contributed by atoms with E-state index in [4.69, 9.17) is 0 Å². The molecule has 2 N–H and O–H groups in total. The average Bonchev–Trinajstić information content (AvgIpc) is 3.23. The molecule has 0 amide bonds. The van der Waals surface area contributed by atoms with Crippen LogP contribution in [0.3, 0.4) is 0 Å². The van der Waals surface area contributed by atoms with Gasteiger partial charge in [-0.25, -0.2) is 0 Å². The highest BCUT2D eigenvalue weighted by atomic mass is 15.3. The number of aryl methyl sites for hydroxylation is 1. The van der Waals surface area contributed by atoms with Crippen molar-refractivity contribution in [1.29, 1.82) is 0 Å². The Hall–Kier alpha value is -2.41. The number of guanidine groups is 1. The minimum atomic E-state index is 0.533. The van der Waals surface area contributed by atoms with Crippen molar-refractivity contribution in [3.8, 4) is 0 Å². The molecule has 26 heavy (non-hydrogen) atoms. The van der Waals surface area contributed by atoms with E-state index >= 15 is 0 Å². The third kappa shape index (κ3) is 4.60. The Morgan fingerprint density at radius 3 is 2.73 bits per heavy atom. The Bertz CT molecular complexity index is 723. The largest absolute Gasteiger partial charge is 0.355 e. The molecule has 2 heterocycles. The van der Waals surface area contributed by atoms with Crippen molar-refractivity contribution in [2.75, 3.05) is 20.1 Å². The summed E-state index contributed by atoms with van der Waals surface area (Å²) in [6.07, 6.45) is 2.47. The van der Waals surface area contributed by atoms with Crippen LogP contribution in [0.4, 0.5) is 0 Å². The van der Waals surface area contributed by atoms with E-state index in [1.807, 2.05) is 18.5 Å². The lowest BCUT2D eigenvalue weighted by Crippen LogP contribution is -2.44. The second-order valence-electron chi connectivity index (χ2n) is 6.78. The van der Waals surface area contributed by atoms with Crippen molar-refractivity contribution in [2.45, 2.75) is 38.9 Å². The summed E-state index contributed by atoms with van der Waals surface area (Å²) < 4.78 is 1.98. The molecule has 1 aromatic carbocycles. The Morgan fingerprint density at radius 2 is 2.04 bits per heavy atom. The summed E-state index contributed by atoms with van der Waals surface area (Å²) in [5.74, 6) is 2.61. The molecule has 0 saturated carbocycles. The van der Waals surface area contributed by atoms with Gasteiger partial charge in [-0.15, -0.1) is 10.2 Å². The smallest absolute Gasteiger partial charge is 0.191 e. The molecular weight excluding hydrogens is 326 g/mol. The van der Waals surface area contributed by atoms with Gasteiger partial charge in [0.05, 0.1) is 6.54 Å². The number of benzene rings is 1. The van der Waals surface area contributed by atoms with Gasteiger partial charge in [-0.2, -0.15) is 0 Å². The third-order valence-corrected chi connectivity index (χ3v) is 5.05. The molecule has 1 aromatic heterocycles. The van der Waals surface area contributed by atoms with Gasteiger partial charge in [0, 0.05) is 33.2 Å². The molecule has 0 bridgehead atoms. The van der Waals surface area contributed by atoms with E-state index in [1.165, 1.54) is 18.4 Å². The fourth-order valence-electron chi connectivity index (χ4n) is 3.36. The Balaban J connectivity index is 1.49. The molecule has 3 rings (SSSR count).